The molecular weight excluding hydrogens is 324 g/mol. The molecule has 0 fully saturated rings. The second-order valence-corrected chi connectivity index (χ2v) is 4.31. The van der Waals surface area contributed by atoms with Crippen LogP contribution in [0.5, 0.6) is 11.6 Å². The van der Waals surface area contributed by atoms with Crippen LogP contribution in [0.15, 0.2) is 22.7 Å². The number of ether oxygens (including phenoxy) is 1. The highest BCUT2D eigenvalue weighted by atomic mass is 79.9. The predicted molar refractivity (Wildman–Crippen MR) is 68.4 cm³/mol. The first-order valence-corrected chi connectivity index (χ1v) is 5.72. The number of benzene rings is 1. The van der Waals surface area contributed by atoms with Gasteiger partial charge in [-0.1, -0.05) is 15.9 Å². The van der Waals surface area contributed by atoms with E-state index in [2.05, 4.69) is 31.3 Å². The van der Waals surface area contributed by atoms with Crippen molar-refractivity contribution in [2.45, 2.75) is 0 Å². The average molecular weight is 332 g/mol. The lowest BCUT2D eigenvalue weighted by molar-refractivity contribution is 0.405. The summed E-state index contributed by atoms with van der Waals surface area (Å²) in [6.07, 6.45) is 0. The Kier molecular flexibility index (Phi) is 3.76. The highest BCUT2D eigenvalue weighted by molar-refractivity contribution is 9.10. The minimum absolute atomic E-state index is 0.0724. The van der Waals surface area contributed by atoms with Gasteiger partial charge < -0.3 is 15.9 Å². The van der Waals surface area contributed by atoms with Gasteiger partial charge in [-0.2, -0.15) is 14.4 Å². The van der Waals surface area contributed by atoms with E-state index in [0.717, 1.165) is 6.07 Å². The lowest BCUT2D eigenvalue weighted by atomic mass is 10.3. The molecule has 0 radical (unpaired) electrons. The third-order valence-electron chi connectivity index (χ3n) is 2.04. The molecule has 0 amide bonds. The van der Waals surface area contributed by atoms with Crippen LogP contribution in [0.3, 0.4) is 0 Å². The number of aromatic nitrogens is 2. The molecular formula is C10H8BrF2N5O. The van der Waals surface area contributed by atoms with Gasteiger partial charge in [0.25, 0.3) is 0 Å². The minimum atomic E-state index is -1.14. The third-order valence-corrected chi connectivity index (χ3v) is 2.50. The summed E-state index contributed by atoms with van der Waals surface area (Å²) in [5.74, 6) is 2.62. The van der Waals surface area contributed by atoms with Gasteiger partial charge in [0.2, 0.25) is 17.6 Å². The molecule has 19 heavy (non-hydrogen) atoms. The van der Waals surface area contributed by atoms with Crippen molar-refractivity contribution >= 4 is 27.7 Å². The number of nitrogens with zero attached hydrogens (tertiary/aromatic N) is 2. The number of hydrogen-bond acceptors (Lipinski definition) is 6. The van der Waals surface area contributed by atoms with Gasteiger partial charge in [-0.05, 0) is 12.1 Å². The lowest BCUT2D eigenvalue weighted by Crippen LogP contribution is -2.10. The number of nitrogens with one attached hydrogen (secondary N) is 1. The fraction of sp³-hybridized carbons (Fsp3) is 0. The Labute approximate surface area is 114 Å². The number of hydrogen-bond donors (Lipinski definition) is 3. The van der Waals surface area contributed by atoms with Gasteiger partial charge >= 0.3 is 0 Å². The molecule has 9 heteroatoms. The Balaban J connectivity index is 2.38. The number of anilines is 2. The topological polar surface area (TPSA) is 99.1 Å². The van der Waals surface area contributed by atoms with Gasteiger partial charge in [-0.25, -0.2) is 10.2 Å². The summed E-state index contributed by atoms with van der Waals surface area (Å²) in [6.45, 7) is 0. The number of rotatable bonds is 3. The van der Waals surface area contributed by atoms with E-state index >= 15 is 0 Å². The van der Waals surface area contributed by atoms with Crippen LogP contribution in [0, 0.1) is 11.6 Å². The molecule has 6 nitrogen and oxygen atoms in total. The van der Waals surface area contributed by atoms with Crippen LogP contribution in [0.4, 0.5) is 20.5 Å². The molecule has 100 valence electrons. The van der Waals surface area contributed by atoms with Crippen LogP contribution < -0.4 is 21.7 Å². The van der Waals surface area contributed by atoms with Crippen LogP contribution >= 0.6 is 15.9 Å². The van der Waals surface area contributed by atoms with Crippen molar-refractivity contribution in [2.75, 3.05) is 11.2 Å². The maximum Gasteiger partial charge on any atom is 0.226 e. The van der Waals surface area contributed by atoms with Gasteiger partial charge in [0, 0.05) is 10.5 Å². The molecule has 0 saturated heterocycles. The molecule has 5 N–H and O–H groups in total. The minimum Gasteiger partial charge on any atom is -0.436 e. The molecule has 2 rings (SSSR count). The van der Waals surface area contributed by atoms with E-state index in [1.165, 1.54) is 12.1 Å². The Morgan fingerprint density at radius 2 is 1.95 bits per heavy atom. The van der Waals surface area contributed by atoms with Crippen molar-refractivity contribution < 1.29 is 13.5 Å². The molecule has 0 aliphatic heterocycles. The number of halogens is 3. The fourth-order valence-electron chi connectivity index (χ4n) is 1.29. The van der Waals surface area contributed by atoms with E-state index in [4.69, 9.17) is 16.3 Å². The maximum atomic E-state index is 13.5. The molecule has 1 aromatic heterocycles. The van der Waals surface area contributed by atoms with Gasteiger partial charge in [0.05, 0.1) is 0 Å². The van der Waals surface area contributed by atoms with Gasteiger partial charge in [-0.15, -0.1) is 0 Å². The van der Waals surface area contributed by atoms with E-state index in [1.807, 2.05) is 0 Å². The number of hydrazine groups is 1. The van der Waals surface area contributed by atoms with Crippen molar-refractivity contribution in [3.05, 3.63) is 34.3 Å². The number of nitrogen functional groups attached to an aromatic ring is 2. The second-order valence-electron chi connectivity index (χ2n) is 3.40. The first-order valence-electron chi connectivity index (χ1n) is 4.93. The van der Waals surface area contributed by atoms with Crippen molar-refractivity contribution in [1.82, 2.24) is 9.97 Å². The van der Waals surface area contributed by atoms with Crippen molar-refractivity contribution in [3.63, 3.8) is 0 Å². The van der Waals surface area contributed by atoms with Gasteiger partial charge in [0.15, 0.2) is 11.6 Å². The summed E-state index contributed by atoms with van der Waals surface area (Å²) in [5, 5.41) is 0. The molecule has 1 aromatic carbocycles. The van der Waals surface area contributed by atoms with Crippen molar-refractivity contribution in [1.29, 1.82) is 0 Å². The van der Waals surface area contributed by atoms with Gasteiger partial charge in [0.1, 0.15) is 5.82 Å². The molecule has 0 saturated carbocycles. The van der Waals surface area contributed by atoms with E-state index in [-0.39, 0.29) is 23.4 Å². The fourth-order valence-corrected chi connectivity index (χ4v) is 1.70. The van der Waals surface area contributed by atoms with Crippen LogP contribution in [0.1, 0.15) is 0 Å². The molecule has 1 heterocycles. The average Bonchev–Trinajstić information content (AvgIpc) is 2.34. The van der Waals surface area contributed by atoms with Gasteiger partial charge in [-0.3, -0.25) is 0 Å². The quantitative estimate of drug-likeness (QED) is 0.453. The summed E-state index contributed by atoms with van der Waals surface area (Å²) in [4.78, 5) is 7.45. The van der Waals surface area contributed by atoms with E-state index in [9.17, 15) is 8.78 Å². The zero-order chi connectivity index (χ0) is 14.0. The van der Waals surface area contributed by atoms with Crippen LogP contribution in [-0.4, -0.2) is 9.97 Å². The largest absolute Gasteiger partial charge is 0.436 e. The van der Waals surface area contributed by atoms with Crippen molar-refractivity contribution in [2.24, 2.45) is 5.84 Å². The van der Waals surface area contributed by atoms with Crippen LogP contribution in [0.25, 0.3) is 0 Å². The maximum absolute atomic E-state index is 13.5. The van der Waals surface area contributed by atoms with E-state index in [0.29, 0.717) is 4.47 Å². The first-order chi connectivity index (χ1) is 8.99. The summed E-state index contributed by atoms with van der Waals surface area (Å²) >= 11 is 3.03. The monoisotopic (exact) mass is 331 g/mol. The highest BCUT2D eigenvalue weighted by Gasteiger charge is 2.13. The Morgan fingerprint density at radius 1 is 1.21 bits per heavy atom. The predicted octanol–water partition coefficient (Wildman–Crippen LogP) is 2.18. The molecule has 2 aromatic rings. The molecule has 0 unspecified atom stereocenters. The molecule has 0 aliphatic rings. The SMILES string of the molecule is NNc1cc(Oc2cc(Br)cc(F)c2F)nc(N)n1. The van der Waals surface area contributed by atoms with E-state index in [1.54, 1.807) is 0 Å². The molecule has 0 bridgehead atoms. The summed E-state index contributed by atoms with van der Waals surface area (Å²) < 4.78 is 32.1. The summed E-state index contributed by atoms with van der Waals surface area (Å²) in [6, 6.07) is 3.52. The summed E-state index contributed by atoms with van der Waals surface area (Å²) in [5.41, 5.74) is 7.65. The van der Waals surface area contributed by atoms with Crippen molar-refractivity contribution in [3.8, 4) is 11.6 Å². The standard InChI is InChI=1S/C10H8BrF2N5O/c11-4-1-5(12)9(13)6(2-4)19-8-3-7(18-15)16-10(14)17-8/h1-3H,15H2,(H3,14,16,17,18). The van der Waals surface area contributed by atoms with E-state index < -0.39 is 11.6 Å². The zero-order valence-electron chi connectivity index (χ0n) is 9.32. The third kappa shape index (κ3) is 3.06. The first kappa shape index (κ1) is 13.4. The smallest absolute Gasteiger partial charge is 0.226 e. The Bertz CT molecular complexity index is 625. The Hall–Kier alpha value is -2.00. The molecule has 0 atom stereocenters. The number of nitrogens with two attached hydrogens (primary N) is 2. The molecule has 0 spiro atoms. The van der Waals surface area contributed by atoms with Crippen LogP contribution in [-0.2, 0) is 0 Å². The highest BCUT2D eigenvalue weighted by Crippen LogP contribution is 2.29. The second kappa shape index (κ2) is 5.33. The van der Waals surface area contributed by atoms with Crippen LogP contribution in [0.2, 0.25) is 0 Å². The Morgan fingerprint density at radius 3 is 2.63 bits per heavy atom. The zero-order valence-corrected chi connectivity index (χ0v) is 10.9. The lowest BCUT2D eigenvalue weighted by Gasteiger charge is -2.08. The normalized spacial score (nSPS) is 10.3. The summed E-state index contributed by atoms with van der Waals surface area (Å²) in [7, 11) is 0. The molecule has 0 aliphatic carbocycles.